The summed E-state index contributed by atoms with van der Waals surface area (Å²) in [6, 6.07) is 12.2. The maximum Gasteiger partial charge on any atom is 0.180 e. The predicted octanol–water partition coefficient (Wildman–Crippen LogP) is 4.64. The molecule has 4 aromatic rings. The summed E-state index contributed by atoms with van der Waals surface area (Å²) in [4.78, 5) is 13.8. The van der Waals surface area contributed by atoms with Gasteiger partial charge in [0, 0.05) is 55.0 Å². The van der Waals surface area contributed by atoms with Crippen LogP contribution < -0.4 is 14.8 Å². The summed E-state index contributed by atoms with van der Waals surface area (Å²) in [6.45, 7) is 2.17. The van der Waals surface area contributed by atoms with Crippen molar-refractivity contribution in [2.24, 2.45) is 4.99 Å². The Hall–Kier alpha value is -3.91. The number of rotatable bonds is 6. The molecule has 0 spiro atoms. The van der Waals surface area contributed by atoms with Gasteiger partial charge in [-0.1, -0.05) is 12.1 Å². The number of nitrogens with one attached hydrogen (secondary N) is 1. The Morgan fingerprint density at radius 3 is 2.88 bits per heavy atom. The first-order chi connectivity index (χ1) is 16.8. The fraction of sp³-hybridized carbons (Fsp3) is 0.269. The molecular weight excluding hydrogens is 430 g/mol. The molecule has 0 saturated carbocycles. The van der Waals surface area contributed by atoms with Crippen LogP contribution in [0.2, 0.25) is 0 Å². The second kappa shape index (κ2) is 8.79. The minimum atomic E-state index is 0.141. The monoisotopic (exact) mass is 455 g/mol. The summed E-state index contributed by atoms with van der Waals surface area (Å²) in [7, 11) is 1.65. The van der Waals surface area contributed by atoms with Gasteiger partial charge in [0.15, 0.2) is 23.0 Å². The van der Waals surface area contributed by atoms with E-state index in [4.69, 9.17) is 19.2 Å². The van der Waals surface area contributed by atoms with Gasteiger partial charge in [0.05, 0.1) is 32.6 Å². The van der Waals surface area contributed by atoms with E-state index in [9.17, 15) is 0 Å². The molecule has 8 nitrogen and oxygen atoms in total. The van der Waals surface area contributed by atoms with Gasteiger partial charge >= 0.3 is 0 Å². The Labute approximate surface area is 197 Å². The predicted molar refractivity (Wildman–Crippen MR) is 130 cm³/mol. The van der Waals surface area contributed by atoms with Crippen molar-refractivity contribution in [1.82, 2.24) is 14.4 Å². The molecular formula is C26H25N5O3. The molecule has 6 rings (SSSR count). The summed E-state index contributed by atoms with van der Waals surface area (Å²) < 4.78 is 19.2. The number of hydrogen-bond donors (Lipinski definition) is 1. The van der Waals surface area contributed by atoms with E-state index in [-0.39, 0.29) is 6.10 Å². The number of ether oxygens (including phenoxy) is 3. The molecule has 2 aliphatic rings. The summed E-state index contributed by atoms with van der Waals surface area (Å²) in [5, 5.41) is 3.43. The van der Waals surface area contributed by atoms with Crippen molar-refractivity contribution in [3.05, 3.63) is 66.1 Å². The lowest BCUT2D eigenvalue weighted by Gasteiger charge is -2.24. The van der Waals surface area contributed by atoms with Gasteiger partial charge in [-0.05, 0) is 29.3 Å². The van der Waals surface area contributed by atoms with Crippen molar-refractivity contribution < 1.29 is 14.2 Å². The Bertz CT molecular complexity index is 1370. The standard InChI is InChI=1S/C26H25N5O3/c1-32-24-13-20(4-5-23(24)34-21-6-10-33-11-7-21)29-25-26-28-8-9-31(26)16-22(30-25)17-2-3-18-14-27-15-19(18)12-17/h2-5,8-9,12-14,16,21H,6-7,10-11,15H2,1H3,(H,29,30). The Morgan fingerprint density at radius 1 is 1.09 bits per heavy atom. The van der Waals surface area contributed by atoms with Gasteiger partial charge < -0.3 is 23.9 Å². The number of imidazole rings is 1. The molecule has 172 valence electrons. The molecule has 0 aliphatic carbocycles. The first-order valence-electron chi connectivity index (χ1n) is 11.4. The molecule has 4 heterocycles. The lowest BCUT2D eigenvalue weighted by molar-refractivity contribution is 0.0245. The van der Waals surface area contributed by atoms with Crippen molar-refractivity contribution in [3.8, 4) is 22.8 Å². The van der Waals surface area contributed by atoms with Crippen molar-refractivity contribution in [3.63, 3.8) is 0 Å². The zero-order valence-corrected chi connectivity index (χ0v) is 18.9. The Balaban J connectivity index is 1.31. The van der Waals surface area contributed by atoms with Gasteiger partial charge in [0.2, 0.25) is 0 Å². The Morgan fingerprint density at radius 2 is 2.00 bits per heavy atom. The van der Waals surface area contributed by atoms with Crippen LogP contribution in [0.4, 0.5) is 11.5 Å². The fourth-order valence-electron chi connectivity index (χ4n) is 4.38. The van der Waals surface area contributed by atoms with Crippen LogP contribution in [0.1, 0.15) is 24.0 Å². The molecule has 8 heteroatoms. The number of aromatic nitrogens is 3. The molecule has 1 fully saturated rings. The molecule has 0 unspecified atom stereocenters. The summed E-state index contributed by atoms with van der Waals surface area (Å²) in [5.41, 5.74) is 5.86. The van der Waals surface area contributed by atoms with Crippen LogP contribution in [0.3, 0.4) is 0 Å². The SMILES string of the molecule is COc1cc(Nc2nc(-c3ccc4c(c3)CN=C4)cn3ccnc23)ccc1OC1CCOCC1. The largest absolute Gasteiger partial charge is 0.493 e. The lowest BCUT2D eigenvalue weighted by atomic mass is 10.0. The van der Waals surface area contributed by atoms with Crippen LogP contribution in [0.15, 0.2) is 60.0 Å². The summed E-state index contributed by atoms with van der Waals surface area (Å²) in [6.07, 6.45) is 9.51. The topological polar surface area (TPSA) is 82.3 Å². The van der Waals surface area contributed by atoms with Gasteiger partial charge in [-0.15, -0.1) is 0 Å². The van der Waals surface area contributed by atoms with E-state index in [0.717, 1.165) is 54.4 Å². The van der Waals surface area contributed by atoms with Crippen LogP contribution in [-0.4, -0.2) is 47.0 Å². The quantitative estimate of drug-likeness (QED) is 0.456. The lowest BCUT2D eigenvalue weighted by Crippen LogP contribution is -2.26. The van der Waals surface area contributed by atoms with Gasteiger partial charge in [-0.25, -0.2) is 9.97 Å². The van der Waals surface area contributed by atoms with Crippen molar-refractivity contribution in [2.75, 3.05) is 25.6 Å². The van der Waals surface area contributed by atoms with Gasteiger partial charge in [0.1, 0.15) is 6.10 Å². The zero-order chi connectivity index (χ0) is 22.9. The molecule has 2 aromatic heterocycles. The van der Waals surface area contributed by atoms with Crippen molar-refractivity contribution in [2.45, 2.75) is 25.5 Å². The number of nitrogens with zero attached hydrogens (tertiary/aromatic N) is 4. The number of benzene rings is 2. The van der Waals surface area contributed by atoms with E-state index in [1.165, 1.54) is 11.1 Å². The van der Waals surface area contributed by atoms with Crippen LogP contribution in [0, 0.1) is 0 Å². The first-order valence-corrected chi connectivity index (χ1v) is 11.4. The number of hydrogen-bond acceptors (Lipinski definition) is 7. The van der Waals surface area contributed by atoms with E-state index in [1.807, 2.05) is 41.2 Å². The smallest absolute Gasteiger partial charge is 0.180 e. The average molecular weight is 456 g/mol. The number of methoxy groups -OCH3 is 1. The third-order valence-corrected chi connectivity index (χ3v) is 6.19. The third-order valence-electron chi connectivity index (χ3n) is 6.19. The second-order valence-corrected chi connectivity index (χ2v) is 8.44. The van der Waals surface area contributed by atoms with E-state index >= 15 is 0 Å². The molecule has 0 atom stereocenters. The van der Waals surface area contributed by atoms with Crippen LogP contribution >= 0.6 is 0 Å². The fourth-order valence-corrected chi connectivity index (χ4v) is 4.38. The number of aliphatic imine (C=N–C) groups is 1. The number of anilines is 2. The molecule has 34 heavy (non-hydrogen) atoms. The first kappa shape index (κ1) is 20.7. The molecule has 0 bridgehead atoms. The maximum absolute atomic E-state index is 6.18. The van der Waals surface area contributed by atoms with Gasteiger partial charge in [-0.3, -0.25) is 4.99 Å². The minimum Gasteiger partial charge on any atom is -0.493 e. The highest BCUT2D eigenvalue weighted by atomic mass is 16.5. The van der Waals surface area contributed by atoms with E-state index in [0.29, 0.717) is 18.1 Å². The van der Waals surface area contributed by atoms with E-state index in [1.54, 1.807) is 13.3 Å². The molecule has 1 saturated heterocycles. The molecule has 0 amide bonds. The molecule has 0 radical (unpaired) electrons. The molecule has 2 aromatic carbocycles. The van der Waals surface area contributed by atoms with Crippen molar-refractivity contribution in [1.29, 1.82) is 0 Å². The van der Waals surface area contributed by atoms with Crippen LogP contribution in [-0.2, 0) is 11.3 Å². The maximum atomic E-state index is 6.18. The van der Waals surface area contributed by atoms with Crippen LogP contribution in [0.5, 0.6) is 11.5 Å². The third kappa shape index (κ3) is 3.97. The highest BCUT2D eigenvalue weighted by Gasteiger charge is 2.18. The molecule has 2 aliphatic heterocycles. The van der Waals surface area contributed by atoms with Crippen LogP contribution in [0.25, 0.3) is 16.9 Å². The molecule has 1 N–H and O–H groups in total. The average Bonchev–Trinajstić information content (AvgIpc) is 3.54. The highest BCUT2D eigenvalue weighted by Crippen LogP contribution is 2.34. The van der Waals surface area contributed by atoms with E-state index in [2.05, 4.69) is 33.5 Å². The normalized spacial score (nSPS) is 15.4. The summed E-state index contributed by atoms with van der Waals surface area (Å²) >= 11 is 0. The van der Waals surface area contributed by atoms with Gasteiger partial charge in [0.25, 0.3) is 0 Å². The second-order valence-electron chi connectivity index (χ2n) is 8.44. The van der Waals surface area contributed by atoms with E-state index < -0.39 is 0 Å². The van der Waals surface area contributed by atoms with Gasteiger partial charge in [-0.2, -0.15) is 0 Å². The zero-order valence-electron chi connectivity index (χ0n) is 18.9. The minimum absolute atomic E-state index is 0.141. The highest BCUT2D eigenvalue weighted by molar-refractivity contribution is 5.86. The number of fused-ring (bicyclic) bond motifs is 2. The Kier molecular flexibility index (Phi) is 5.35. The van der Waals surface area contributed by atoms with Crippen molar-refractivity contribution >= 4 is 23.4 Å². The summed E-state index contributed by atoms with van der Waals surface area (Å²) in [5.74, 6) is 2.07.